The topological polar surface area (TPSA) is 75.7 Å². The van der Waals surface area contributed by atoms with Crippen LogP contribution in [0.1, 0.15) is 12.0 Å². The lowest BCUT2D eigenvalue weighted by molar-refractivity contribution is -0.143. The predicted octanol–water partition coefficient (Wildman–Crippen LogP) is 1.75. The monoisotopic (exact) mass is 340 g/mol. The second-order valence-electron chi connectivity index (χ2n) is 7.01. The molecule has 1 saturated heterocycles. The van der Waals surface area contributed by atoms with Gasteiger partial charge in [-0.25, -0.2) is 0 Å². The van der Waals surface area contributed by atoms with E-state index in [1.54, 1.807) is 12.1 Å². The number of fused-ring (bicyclic) bond motifs is 5. The molecule has 6 nitrogen and oxygen atoms in total. The minimum absolute atomic E-state index is 0.149. The van der Waals surface area contributed by atoms with Crippen molar-refractivity contribution in [2.75, 3.05) is 19.0 Å². The lowest BCUT2D eigenvalue weighted by atomic mass is 9.85. The Morgan fingerprint density at radius 1 is 1.20 bits per heavy atom. The van der Waals surface area contributed by atoms with Crippen molar-refractivity contribution in [1.82, 2.24) is 4.90 Å². The molecule has 0 unspecified atom stereocenters. The van der Waals surface area contributed by atoms with Gasteiger partial charge in [0.2, 0.25) is 17.7 Å². The molecular weight excluding hydrogens is 320 g/mol. The second kappa shape index (κ2) is 5.72. The molecule has 3 amide bonds. The highest BCUT2D eigenvalue weighted by atomic mass is 16.5. The van der Waals surface area contributed by atoms with Crippen molar-refractivity contribution in [3.63, 3.8) is 0 Å². The molecular formula is C19H20N2O4. The third kappa shape index (κ3) is 2.44. The molecule has 2 fully saturated rings. The molecule has 130 valence electrons. The van der Waals surface area contributed by atoms with Gasteiger partial charge in [-0.15, -0.1) is 0 Å². The molecule has 0 aromatic heterocycles. The van der Waals surface area contributed by atoms with E-state index in [-0.39, 0.29) is 42.0 Å². The Labute approximate surface area is 145 Å². The van der Waals surface area contributed by atoms with E-state index in [4.69, 9.17) is 4.74 Å². The van der Waals surface area contributed by atoms with Gasteiger partial charge in [-0.2, -0.15) is 0 Å². The van der Waals surface area contributed by atoms with E-state index in [2.05, 4.69) is 5.32 Å². The van der Waals surface area contributed by atoms with Crippen LogP contribution >= 0.6 is 0 Å². The van der Waals surface area contributed by atoms with Gasteiger partial charge in [-0.1, -0.05) is 18.2 Å². The van der Waals surface area contributed by atoms with E-state index < -0.39 is 5.91 Å². The number of benzene rings is 1. The first-order valence-electron chi connectivity index (χ1n) is 8.47. The van der Waals surface area contributed by atoms with Crippen molar-refractivity contribution in [3.8, 4) is 5.75 Å². The van der Waals surface area contributed by atoms with E-state index in [1.165, 1.54) is 7.11 Å². The smallest absolute Gasteiger partial charge is 0.244 e. The van der Waals surface area contributed by atoms with Crippen LogP contribution in [0, 0.1) is 30.6 Å². The number of likely N-dealkylation sites (tertiary alicyclic amines) is 1. The third-order valence-corrected chi connectivity index (χ3v) is 5.49. The molecule has 2 bridgehead atoms. The van der Waals surface area contributed by atoms with Crippen LogP contribution in [0.3, 0.4) is 0 Å². The molecule has 1 aromatic rings. The second-order valence-corrected chi connectivity index (χ2v) is 7.01. The summed E-state index contributed by atoms with van der Waals surface area (Å²) in [6.45, 7) is 1.66. The number of nitrogens with one attached hydrogen (secondary N) is 1. The number of hydrogen-bond acceptors (Lipinski definition) is 4. The predicted molar refractivity (Wildman–Crippen MR) is 90.8 cm³/mol. The maximum Gasteiger partial charge on any atom is 0.244 e. The number of rotatable bonds is 4. The molecule has 1 aromatic carbocycles. The van der Waals surface area contributed by atoms with Crippen molar-refractivity contribution in [3.05, 3.63) is 35.9 Å². The Bertz CT molecular complexity index is 771. The zero-order valence-electron chi connectivity index (χ0n) is 14.2. The molecule has 4 atom stereocenters. The number of aryl methyl sites for hydroxylation is 1. The number of carbonyl (C=O) groups is 3. The molecule has 2 aliphatic carbocycles. The zero-order valence-corrected chi connectivity index (χ0v) is 14.2. The van der Waals surface area contributed by atoms with Gasteiger partial charge in [0, 0.05) is 0 Å². The molecule has 1 aliphatic heterocycles. The number of allylic oxidation sites excluding steroid dienone is 2. The fourth-order valence-corrected chi connectivity index (χ4v) is 4.37. The van der Waals surface area contributed by atoms with Gasteiger partial charge in [-0.05, 0) is 42.9 Å². The van der Waals surface area contributed by atoms with Crippen LogP contribution in [0.2, 0.25) is 0 Å². The first-order chi connectivity index (χ1) is 12.0. The molecule has 1 N–H and O–H groups in total. The molecule has 6 heteroatoms. The number of ether oxygens (including phenoxy) is 1. The van der Waals surface area contributed by atoms with E-state index >= 15 is 0 Å². The van der Waals surface area contributed by atoms with E-state index in [1.807, 2.05) is 25.1 Å². The minimum Gasteiger partial charge on any atom is -0.495 e. The Morgan fingerprint density at radius 2 is 1.84 bits per heavy atom. The highest BCUT2D eigenvalue weighted by Gasteiger charge is 2.59. The van der Waals surface area contributed by atoms with E-state index in [9.17, 15) is 14.4 Å². The quantitative estimate of drug-likeness (QED) is 0.669. The molecule has 25 heavy (non-hydrogen) atoms. The fourth-order valence-electron chi connectivity index (χ4n) is 4.37. The zero-order chi connectivity index (χ0) is 17.7. The average molecular weight is 340 g/mol. The van der Waals surface area contributed by atoms with Gasteiger partial charge in [0.05, 0.1) is 24.6 Å². The first-order valence-corrected chi connectivity index (χ1v) is 8.47. The summed E-state index contributed by atoms with van der Waals surface area (Å²) < 4.78 is 5.24. The molecule has 4 rings (SSSR count). The number of anilines is 1. The summed E-state index contributed by atoms with van der Waals surface area (Å²) >= 11 is 0. The fraction of sp³-hybridized carbons (Fsp3) is 0.421. The van der Waals surface area contributed by atoms with Crippen molar-refractivity contribution in [2.45, 2.75) is 13.3 Å². The summed E-state index contributed by atoms with van der Waals surface area (Å²) in [5.74, 6) is -0.528. The first kappa shape index (κ1) is 15.9. The van der Waals surface area contributed by atoms with Crippen molar-refractivity contribution in [2.24, 2.45) is 23.7 Å². The van der Waals surface area contributed by atoms with Crippen LogP contribution in [-0.4, -0.2) is 36.3 Å². The van der Waals surface area contributed by atoms with Crippen LogP contribution in [0.25, 0.3) is 0 Å². The number of amides is 3. The minimum atomic E-state index is -0.397. The summed E-state index contributed by atoms with van der Waals surface area (Å²) in [6.07, 6.45) is 4.96. The summed E-state index contributed by atoms with van der Waals surface area (Å²) in [5.41, 5.74) is 1.51. The Morgan fingerprint density at radius 3 is 2.44 bits per heavy atom. The summed E-state index contributed by atoms with van der Waals surface area (Å²) in [4.78, 5) is 38.8. The van der Waals surface area contributed by atoms with Gasteiger partial charge >= 0.3 is 0 Å². The number of nitrogens with zero attached hydrogens (tertiary/aromatic N) is 1. The van der Waals surface area contributed by atoms with Gasteiger partial charge in [0.25, 0.3) is 0 Å². The van der Waals surface area contributed by atoms with Gasteiger partial charge in [0.15, 0.2) is 0 Å². The van der Waals surface area contributed by atoms with E-state index in [0.717, 1.165) is 16.9 Å². The highest BCUT2D eigenvalue weighted by molar-refractivity contribution is 6.09. The lowest BCUT2D eigenvalue weighted by Gasteiger charge is -2.17. The third-order valence-electron chi connectivity index (χ3n) is 5.49. The van der Waals surface area contributed by atoms with Crippen molar-refractivity contribution in [1.29, 1.82) is 0 Å². The van der Waals surface area contributed by atoms with Crippen LogP contribution in [0.4, 0.5) is 5.69 Å². The van der Waals surface area contributed by atoms with Crippen LogP contribution in [0.15, 0.2) is 30.4 Å². The number of imide groups is 1. The Kier molecular flexibility index (Phi) is 3.63. The number of methoxy groups -OCH3 is 1. The summed E-state index contributed by atoms with van der Waals surface area (Å²) in [5, 5.41) is 2.75. The number of carbonyl (C=O) groups excluding carboxylic acids is 3. The Hall–Kier alpha value is -2.63. The largest absolute Gasteiger partial charge is 0.495 e. The maximum absolute atomic E-state index is 12.6. The van der Waals surface area contributed by atoms with Crippen molar-refractivity contribution >= 4 is 23.4 Å². The summed E-state index contributed by atoms with van der Waals surface area (Å²) in [7, 11) is 1.53. The number of hydrogen-bond donors (Lipinski definition) is 1. The van der Waals surface area contributed by atoms with Gasteiger partial charge in [0.1, 0.15) is 12.3 Å². The highest BCUT2D eigenvalue weighted by Crippen LogP contribution is 2.52. The average Bonchev–Trinajstić information content (AvgIpc) is 3.25. The SMILES string of the molecule is COc1ccc(C)cc1NC(=O)CN1C(=O)[C@H]2[C@H](C1=O)[C@H]1C=C[C@H]2C1. The van der Waals surface area contributed by atoms with Gasteiger partial charge in [-0.3, -0.25) is 19.3 Å². The normalized spacial score (nSPS) is 29.3. The van der Waals surface area contributed by atoms with Crippen LogP contribution < -0.4 is 10.1 Å². The molecule has 1 heterocycles. The molecule has 0 radical (unpaired) electrons. The molecule has 3 aliphatic rings. The summed E-state index contributed by atoms with van der Waals surface area (Å²) in [6, 6.07) is 5.44. The van der Waals surface area contributed by atoms with Gasteiger partial charge < -0.3 is 10.1 Å². The lowest BCUT2D eigenvalue weighted by Crippen LogP contribution is -2.39. The Balaban J connectivity index is 1.48. The molecule has 0 spiro atoms. The molecule has 1 saturated carbocycles. The van der Waals surface area contributed by atoms with Crippen molar-refractivity contribution < 1.29 is 19.1 Å². The van der Waals surface area contributed by atoms with E-state index in [0.29, 0.717) is 11.4 Å². The standard InChI is InChI=1S/C19H20N2O4/c1-10-3-6-14(25-2)13(7-10)20-15(22)9-21-18(23)16-11-4-5-12(8-11)17(16)19(21)24/h3-7,11-12,16-17H,8-9H2,1-2H3,(H,20,22)/t11-,12-,16+,17+/m0/s1. The van der Waals surface area contributed by atoms with Crippen LogP contribution in [-0.2, 0) is 14.4 Å². The van der Waals surface area contributed by atoms with Crippen LogP contribution in [0.5, 0.6) is 5.75 Å². The maximum atomic E-state index is 12.6.